The number of nitrogens with zero attached hydrogens (tertiary/aromatic N) is 1. The lowest BCUT2D eigenvalue weighted by Gasteiger charge is -2.39. The van der Waals surface area contributed by atoms with Crippen LogP contribution in [0, 0.1) is 17.3 Å². The molecule has 1 aliphatic carbocycles. The Bertz CT molecular complexity index is 306. The normalized spacial score (nSPS) is 22.9. The monoisotopic (exact) mass is 302 g/mol. The Hall–Kier alpha value is -0.280. The van der Waals surface area contributed by atoms with E-state index in [1.807, 2.05) is 0 Å². The van der Waals surface area contributed by atoms with Crippen LogP contribution in [0.25, 0.3) is 0 Å². The highest BCUT2D eigenvalue weighted by Gasteiger charge is 2.44. The van der Waals surface area contributed by atoms with Gasteiger partial charge in [-0.2, -0.15) is 0 Å². The van der Waals surface area contributed by atoms with Gasteiger partial charge in [-0.15, -0.1) is 12.4 Å². The van der Waals surface area contributed by atoms with E-state index in [1.165, 1.54) is 12.8 Å². The van der Waals surface area contributed by atoms with Crippen LogP contribution >= 0.6 is 12.4 Å². The molecule has 118 valence electrons. The van der Waals surface area contributed by atoms with Gasteiger partial charge in [0, 0.05) is 18.5 Å². The van der Waals surface area contributed by atoms with Crippen molar-refractivity contribution in [1.82, 2.24) is 4.90 Å². The smallest absolute Gasteiger partial charge is 0.228 e. The van der Waals surface area contributed by atoms with Gasteiger partial charge in [-0.1, -0.05) is 26.7 Å². The molecule has 0 spiro atoms. The Kier molecular flexibility index (Phi) is 6.80. The number of piperidine rings is 1. The van der Waals surface area contributed by atoms with Gasteiger partial charge in [0.2, 0.25) is 5.91 Å². The highest BCUT2D eigenvalue weighted by atomic mass is 35.5. The fourth-order valence-corrected chi connectivity index (χ4v) is 4.05. The fourth-order valence-electron chi connectivity index (χ4n) is 4.05. The number of carbonyl (C=O) groups is 1. The summed E-state index contributed by atoms with van der Waals surface area (Å²) in [5.41, 5.74) is 5.71. The van der Waals surface area contributed by atoms with Crippen molar-refractivity contribution in [3.05, 3.63) is 0 Å². The van der Waals surface area contributed by atoms with Crippen LogP contribution in [0.2, 0.25) is 0 Å². The maximum absolute atomic E-state index is 12.9. The largest absolute Gasteiger partial charge is 0.342 e. The van der Waals surface area contributed by atoms with Crippen LogP contribution in [0.5, 0.6) is 0 Å². The van der Waals surface area contributed by atoms with E-state index in [9.17, 15) is 4.79 Å². The number of rotatable bonds is 4. The van der Waals surface area contributed by atoms with Crippen molar-refractivity contribution in [3.8, 4) is 0 Å². The van der Waals surface area contributed by atoms with Crippen molar-refractivity contribution in [2.45, 2.75) is 58.8 Å². The number of amides is 1. The van der Waals surface area contributed by atoms with Gasteiger partial charge < -0.3 is 10.6 Å². The molecule has 4 heteroatoms. The number of hydrogen-bond donors (Lipinski definition) is 1. The van der Waals surface area contributed by atoms with E-state index in [4.69, 9.17) is 5.73 Å². The first-order chi connectivity index (χ1) is 9.07. The van der Waals surface area contributed by atoms with Gasteiger partial charge >= 0.3 is 0 Å². The van der Waals surface area contributed by atoms with Gasteiger partial charge in [0.25, 0.3) is 0 Å². The van der Waals surface area contributed by atoms with E-state index in [-0.39, 0.29) is 17.8 Å². The average Bonchev–Trinajstić information content (AvgIpc) is 2.87. The third-order valence-corrected chi connectivity index (χ3v) is 5.05. The molecule has 1 heterocycles. The van der Waals surface area contributed by atoms with E-state index in [0.29, 0.717) is 17.7 Å². The molecule has 1 saturated carbocycles. The maximum Gasteiger partial charge on any atom is 0.228 e. The molecule has 2 N–H and O–H groups in total. The summed E-state index contributed by atoms with van der Waals surface area (Å²) in [5.74, 6) is 1.70. The summed E-state index contributed by atoms with van der Waals surface area (Å²) in [6.45, 7) is 7.13. The minimum atomic E-state index is -0.0241. The van der Waals surface area contributed by atoms with E-state index in [2.05, 4.69) is 18.7 Å². The second-order valence-electron chi connectivity index (χ2n) is 7.06. The van der Waals surface area contributed by atoms with Crippen molar-refractivity contribution in [2.75, 3.05) is 19.6 Å². The molecular formula is C16H31ClN2O. The second-order valence-corrected chi connectivity index (χ2v) is 7.06. The Balaban J connectivity index is 0.00000200. The van der Waals surface area contributed by atoms with E-state index < -0.39 is 0 Å². The lowest BCUT2D eigenvalue weighted by molar-refractivity contribution is -0.144. The summed E-state index contributed by atoms with van der Waals surface area (Å²) in [4.78, 5) is 15.1. The van der Waals surface area contributed by atoms with Crippen LogP contribution in [0.4, 0.5) is 0 Å². The van der Waals surface area contributed by atoms with Crippen molar-refractivity contribution >= 4 is 18.3 Å². The van der Waals surface area contributed by atoms with E-state index in [0.717, 1.165) is 51.7 Å². The van der Waals surface area contributed by atoms with E-state index in [1.54, 1.807) is 0 Å². The summed E-state index contributed by atoms with van der Waals surface area (Å²) in [5, 5.41) is 0. The fraction of sp³-hybridized carbons (Fsp3) is 0.938. The van der Waals surface area contributed by atoms with E-state index >= 15 is 0 Å². The number of likely N-dealkylation sites (tertiary alicyclic amines) is 1. The number of hydrogen-bond acceptors (Lipinski definition) is 2. The molecule has 0 aromatic rings. The first-order valence-corrected chi connectivity index (χ1v) is 8.07. The molecule has 0 unspecified atom stereocenters. The molecule has 0 bridgehead atoms. The standard InChI is InChI=1S/C16H30N2O.ClH/c1-13(2)11-16(7-3-4-8-16)15(19)18-9-5-14(12-17)6-10-18;/h13-14H,3-12,17H2,1-2H3;1H. The maximum atomic E-state index is 12.9. The summed E-state index contributed by atoms with van der Waals surface area (Å²) >= 11 is 0. The zero-order valence-corrected chi connectivity index (χ0v) is 13.9. The highest BCUT2D eigenvalue weighted by molar-refractivity contribution is 5.85. The van der Waals surface area contributed by atoms with Gasteiger partial charge in [0.15, 0.2) is 0 Å². The molecule has 2 fully saturated rings. The molecule has 0 atom stereocenters. The summed E-state index contributed by atoms with van der Waals surface area (Å²) in [7, 11) is 0. The van der Waals surface area contributed by atoms with Crippen molar-refractivity contribution in [2.24, 2.45) is 23.0 Å². The van der Waals surface area contributed by atoms with Crippen LogP contribution in [0.1, 0.15) is 58.8 Å². The number of nitrogens with two attached hydrogens (primary N) is 1. The molecule has 1 saturated heterocycles. The Morgan fingerprint density at radius 1 is 1.25 bits per heavy atom. The molecule has 2 rings (SSSR count). The Morgan fingerprint density at radius 2 is 1.80 bits per heavy atom. The van der Waals surface area contributed by atoms with Gasteiger partial charge in [-0.05, 0) is 50.5 Å². The van der Waals surface area contributed by atoms with Crippen LogP contribution in [-0.4, -0.2) is 30.4 Å². The quantitative estimate of drug-likeness (QED) is 0.867. The van der Waals surface area contributed by atoms with Crippen LogP contribution < -0.4 is 5.73 Å². The van der Waals surface area contributed by atoms with Crippen LogP contribution in [-0.2, 0) is 4.79 Å². The minimum Gasteiger partial charge on any atom is -0.342 e. The number of carbonyl (C=O) groups excluding carboxylic acids is 1. The molecule has 0 radical (unpaired) electrons. The predicted molar refractivity (Wildman–Crippen MR) is 86.0 cm³/mol. The lowest BCUT2D eigenvalue weighted by atomic mass is 9.77. The average molecular weight is 303 g/mol. The summed E-state index contributed by atoms with van der Waals surface area (Å²) < 4.78 is 0. The summed E-state index contributed by atoms with van der Waals surface area (Å²) in [6.07, 6.45) is 7.96. The molecule has 3 nitrogen and oxygen atoms in total. The molecule has 20 heavy (non-hydrogen) atoms. The van der Waals surface area contributed by atoms with Crippen LogP contribution in [0.15, 0.2) is 0 Å². The first kappa shape index (κ1) is 17.8. The summed E-state index contributed by atoms with van der Waals surface area (Å²) in [6, 6.07) is 0. The Labute approximate surface area is 130 Å². The second kappa shape index (κ2) is 7.65. The molecule has 0 aromatic carbocycles. The highest BCUT2D eigenvalue weighted by Crippen LogP contribution is 2.45. The predicted octanol–water partition coefficient (Wildman–Crippen LogP) is 3.21. The first-order valence-electron chi connectivity index (χ1n) is 8.07. The van der Waals surface area contributed by atoms with Crippen molar-refractivity contribution in [1.29, 1.82) is 0 Å². The topological polar surface area (TPSA) is 46.3 Å². The zero-order chi connectivity index (χ0) is 13.9. The Morgan fingerprint density at radius 3 is 2.25 bits per heavy atom. The molecule has 0 aromatic heterocycles. The SMILES string of the molecule is CC(C)CC1(C(=O)N2CCC(CN)CC2)CCCC1.Cl. The molecule has 2 aliphatic rings. The molecule has 1 amide bonds. The molecular weight excluding hydrogens is 272 g/mol. The third kappa shape index (κ3) is 3.88. The van der Waals surface area contributed by atoms with Gasteiger partial charge in [-0.3, -0.25) is 4.79 Å². The van der Waals surface area contributed by atoms with Crippen LogP contribution in [0.3, 0.4) is 0 Å². The van der Waals surface area contributed by atoms with Gasteiger partial charge in [-0.25, -0.2) is 0 Å². The number of halogens is 1. The lowest BCUT2D eigenvalue weighted by Crippen LogP contribution is -2.47. The van der Waals surface area contributed by atoms with Gasteiger partial charge in [0.1, 0.15) is 0 Å². The van der Waals surface area contributed by atoms with Crippen molar-refractivity contribution in [3.63, 3.8) is 0 Å². The molecule has 1 aliphatic heterocycles. The third-order valence-electron chi connectivity index (χ3n) is 5.05. The van der Waals surface area contributed by atoms with Gasteiger partial charge in [0.05, 0.1) is 0 Å². The van der Waals surface area contributed by atoms with Crippen molar-refractivity contribution < 1.29 is 4.79 Å². The minimum absolute atomic E-state index is 0. The zero-order valence-electron chi connectivity index (χ0n) is 13.1.